The topological polar surface area (TPSA) is 89.6 Å². The molecule has 0 aliphatic carbocycles. The molecule has 1 saturated heterocycles. The number of fused-ring (bicyclic) bond motifs is 1. The first-order valence-electron chi connectivity index (χ1n) is 8.42. The van der Waals surface area contributed by atoms with E-state index in [4.69, 9.17) is 0 Å². The van der Waals surface area contributed by atoms with Gasteiger partial charge in [-0.3, -0.25) is 9.48 Å². The molecule has 4 rings (SSSR count). The highest BCUT2D eigenvalue weighted by Gasteiger charge is 2.36. The van der Waals surface area contributed by atoms with Crippen LogP contribution in [0.1, 0.15) is 28.9 Å². The van der Waals surface area contributed by atoms with Crippen LogP contribution < -0.4 is 0 Å². The van der Waals surface area contributed by atoms with Gasteiger partial charge in [0.25, 0.3) is 5.91 Å². The monoisotopic (exact) mass is 373 g/mol. The predicted molar refractivity (Wildman–Crippen MR) is 95.5 cm³/mol. The molecule has 8 nitrogen and oxygen atoms in total. The molecule has 1 aliphatic heterocycles. The number of rotatable bonds is 3. The molecule has 136 valence electrons. The largest absolute Gasteiger partial charge is 0.329 e. The number of hydrogen-bond acceptors (Lipinski definition) is 5. The molecule has 1 atom stereocenters. The van der Waals surface area contributed by atoms with Crippen molar-refractivity contribution in [3.8, 4) is 0 Å². The molecule has 0 unspecified atom stereocenters. The Labute approximate surface area is 151 Å². The van der Waals surface area contributed by atoms with Gasteiger partial charge in [0, 0.05) is 36.6 Å². The lowest BCUT2D eigenvalue weighted by atomic mass is 10.1. The van der Waals surface area contributed by atoms with Crippen LogP contribution >= 0.6 is 0 Å². The predicted octanol–water partition coefficient (Wildman–Crippen LogP) is 1.16. The summed E-state index contributed by atoms with van der Waals surface area (Å²) in [5, 5.41) is 4.23. The molecule has 0 bridgehead atoms. The van der Waals surface area contributed by atoms with Gasteiger partial charge in [-0.2, -0.15) is 5.10 Å². The fraction of sp³-hybridized carbons (Fsp3) is 0.353. The molecule has 0 radical (unpaired) electrons. The van der Waals surface area contributed by atoms with Gasteiger partial charge in [-0.25, -0.2) is 13.4 Å². The van der Waals surface area contributed by atoms with Gasteiger partial charge in [0.2, 0.25) is 0 Å². The minimum atomic E-state index is -3.20. The maximum Gasteiger partial charge on any atom is 0.254 e. The molecular formula is C17H19N5O3S. The quantitative estimate of drug-likeness (QED) is 0.687. The number of carbonyl (C=O) groups excluding carboxylic acids is 1. The second kappa shape index (κ2) is 6.24. The first kappa shape index (κ1) is 16.8. The molecule has 3 aromatic rings. The number of imidazole rings is 1. The Kier molecular flexibility index (Phi) is 4.03. The molecule has 1 amide bonds. The molecule has 1 fully saturated rings. The van der Waals surface area contributed by atoms with Gasteiger partial charge in [0.1, 0.15) is 0 Å². The highest BCUT2D eigenvalue weighted by Crippen LogP contribution is 2.28. The van der Waals surface area contributed by atoms with Gasteiger partial charge in [-0.05, 0) is 19.1 Å². The Hall–Kier alpha value is -2.68. The average molecular weight is 373 g/mol. The summed E-state index contributed by atoms with van der Waals surface area (Å²) >= 11 is 0. The van der Waals surface area contributed by atoms with E-state index in [9.17, 15) is 13.2 Å². The number of sulfone groups is 1. The van der Waals surface area contributed by atoms with Crippen molar-refractivity contribution < 1.29 is 13.2 Å². The Morgan fingerprint density at radius 1 is 1.35 bits per heavy atom. The molecule has 0 saturated carbocycles. The van der Waals surface area contributed by atoms with Crippen molar-refractivity contribution in [2.24, 2.45) is 0 Å². The van der Waals surface area contributed by atoms with Gasteiger partial charge < -0.3 is 9.30 Å². The van der Waals surface area contributed by atoms with Crippen LogP contribution in [0.5, 0.6) is 0 Å². The van der Waals surface area contributed by atoms with Crippen LogP contribution in [0.4, 0.5) is 0 Å². The molecule has 1 aliphatic rings. The van der Waals surface area contributed by atoms with Crippen molar-refractivity contribution in [3.63, 3.8) is 0 Å². The molecular weight excluding hydrogens is 354 g/mol. The number of carbonyl (C=O) groups is 1. The van der Waals surface area contributed by atoms with E-state index in [0.29, 0.717) is 12.1 Å². The van der Waals surface area contributed by atoms with E-state index >= 15 is 0 Å². The number of amides is 1. The zero-order chi connectivity index (χ0) is 18.3. The number of nitrogens with zero attached hydrogens (tertiary/aromatic N) is 5. The minimum absolute atomic E-state index is 0.0217. The summed E-state index contributed by atoms with van der Waals surface area (Å²) in [6.07, 6.45) is 8.58. The summed E-state index contributed by atoms with van der Waals surface area (Å²) in [7, 11) is -3.20. The zero-order valence-electron chi connectivity index (χ0n) is 14.3. The third-order valence-electron chi connectivity index (χ3n) is 4.72. The Morgan fingerprint density at radius 2 is 2.19 bits per heavy atom. The average Bonchev–Trinajstić information content (AvgIpc) is 3.28. The van der Waals surface area contributed by atoms with Crippen LogP contribution in [0, 0.1) is 0 Å². The van der Waals surface area contributed by atoms with E-state index in [-0.39, 0.29) is 24.0 Å². The van der Waals surface area contributed by atoms with Crippen molar-refractivity contribution >= 4 is 21.3 Å². The van der Waals surface area contributed by atoms with Crippen LogP contribution in [0.25, 0.3) is 5.52 Å². The lowest BCUT2D eigenvalue weighted by Gasteiger charge is -2.35. The van der Waals surface area contributed by atoms with Crippen molar-refractivity contribution in [3.05, 3.63) is 54.4 Å². The summed E-state index contributed by atoms with van der Waals surface area (Å²) in [4.78, 5) is 18.8. The van der Waals surface area contributed by atoms with Gasteiger partial charge >= 0.3 is 0 Å². The minimum Gasteiger partial charge on any atom is -0.329 e. The molecule has 0 spiro atoms. The molecule has 26 heavy (non-hydrogen) atoms. The van der Waals surface area contributed by atoms with Crippen molar-refractivity contribution in [1.29, 1.82) is 0 Å². The van der Waals surface area contributed by atoms with Gasteiger partial charge in [-0.15, -0.1) is 0 Å². The number of aromatic nitrogens is 4. The summed E-state index contributed by atoms with van der Waals surface area (Å²) in [5.74, 6) is -0.285. The summed E-state index contributed by atoms with van der Waals surface area (Å²) < 4.78 is 27.9. The van der Waals surface area contributed by atoms with E-state index in [1.165, 1.54) is 0 Å². The maximum absolute atomic E-state index is 13.1. The van der Waals surface area contributed by atoms with Crippen molar-refractivity contribution in [2.45, 2.75) is 19.5 Å². The summed E-state index contributed by atoms with van der Waals surface area (Å²) in [6, 6.07) is 2.97. The Morgan fingerprint density at radius 3 is 2.96 bits per heavy atom. The number of hydrogen-bond donors (Lipinski definition) is 0. The first-order chi connectivity index (χ1) is 12.5. The van der Waals surface area contributed by atoms with E-state index < -0.39 is 15.9 Å². The standard InChI is InChI=1S/C17H19N5O3S/c1-2-21-10-14(8-19-21)16-11-26(24,25)6-5-22(16)17(23)13-3-4-20-12-18-9-15(20)7-13/h3-4,7-10,12,16H,2,5-6,11H2,1H3/t16-/m0/s1. The van der Waals surface area contributed by atoms with E-state index in [1.807, 2.05) is 17.5 Å². The Bertz CT molecular complexity index is 1070. The fourth-order valence-electron chi connectivity index (χ4n) is 3.27. The highest BCUT2D eigenvalue weighted by molar-refractivity contribution is 7.91. The summed E-state index contributed by atoms with van der Waals surface area (Å²) in [5.41, 5.74) is 2.08. The molecule has 0 N–H and O–H groups in total. The number of aryl methyl sites for hydroxylation is 1. The number of pyridine rings is 1. The second-order valence-corrected chi connectivity index (χ2v) is 8.63. The molecule has 4 heterocycles. The van der Waals surface area contributed by atoms with E-state index in [1.54, 1.807) is 46.6 Å². The van der Waals surface area contributed by atoms with E-state index in [0.717, 1.165) is 11.1 Å². The van der Waals surface area contributed by atoms with Crippen LogP contribution in [-0.2, 0) is 16.4 Å². The third kappa shape index (κ3) is 2.98. The summed E-state index contributed by atoms with van der Waals surface area (Å²) in [6.45, 7) is 2.82. The highest BCUT2D eigenvalue weighted by atomic mass is 32.2. The van der Waals surface area contributed by atoms with Gasteiger partial charge in [0.15, 0.2) is 9.84 Å². The van der Waals surface area contributed by atoms with Crippen LogP contribution in [0.2, 0.25) is 0 Å². The lowest BCUT2D eigenvalue weighted by Crippen LogP contribution is -2.46. The zero-order valence-corrected chi connectivity index (χ0v) is 15.1. The van der Waals surface area contributed by atoms with Crippen molar-refractivity contribution in [1.82, 2.24) is 24.1 Å². The lowest BCUT2D eigenvalue weighted by molar-refractivity contribution is 0.0697. The third-order valence-corrected chi connectivity index (χ3v) is 6.34. The van der Waals surface area contributed by atoms with Crippen LogP contribution in [-0.4, -0.2) is 56.4 Å². The molecule has 3 aromatic heterocycles. The maximum atomic E-state index is 13.1. The normalized spacial score (nSPS) is 19.7. The smallest absolute Gasteiger partial charge is 0.254 e. The second-order valence-electron chi connectivity index (χ2n) is 6.40. The first-order valence-corrected chi connectivity index (χ1v) is 10.2. The van der Waals surface area contributed by atoms with Crippen molar-refractivity contribution in [2.75, 3.05) is 18.1 Å². The van der Waals surface area contributed by atoms with Crippen LogP contribution in [0.3, 0.4) is 0 Å². The molecule has 9 heteroatoms. The van der Waals surface area contributed by atoms with E-state index in [2.05, 4.69) is 10.1 Å². The Balaban J connectivity index is 1.70. The van der Waals surface area contributed by atoms with Crippen LogP contribution in [0.15, 0.2) is 43.2 Å². The fourth-order valence-corrected chi connectivity index (χ4v) is 4.76. The SMILES string of the molecule is CCn1cc([C@@H]2CS(=O)(=O)CCN2C(=O)c2ccn3cncc3c2)cn1. The molecule has 0 aromatic carbocycles. The van der Waals surface area contributed by atoms with Gasteiger partial charge in [0.05, 0.1) is 41.8 Å². The van der Waals surface area contributed by atoms with Gasteiger partial charge in [-0.1, -0.05) is 0 Å².